The fourth-order valence-corrected chi connectivity index (χ4v) is 1.17. The van der Waals surface area contributed by atoms with E-state index in [-0.39, 0.29) is 23.3 Å². The summed E-state index contributed by atoms with van der Waals surface area (Å²) in [6.07, 6.45) is 0. The van der Waals surface area contributed by atoms with Crippen molar-refractivity contribution in [2.45, 2.75) is 6.92 Å². The highest BCUT2D eigenvalue weighted by atomic mass is 19.1. The van der Waals surface area contributed by atoms with Crippen molar-refractivity contribution in [3.05, 3.63) is 23.5 Å². The molecule has 86 valence electrons. The molecule has 0 saturated heterocycles. The summed E-state index contributed by atoms with van der Waals surface area (Å²) in [5.41, 5.74) is 4.60. The Labute approximate surface area is 91.8 Å². The molecule has 16 heavy (non-hydrogen) atoms. The first kappa shape index (κ1) is 12.5. The van der Waals surface area contributed by atoms with Gasteiger partial charge in [0.1, 0.15) is 5.82 Å². The summed E-state index contributed by atoms with van der Waals surface area (Å²) >= 11 is 0. The van der Waals surface area contributed by atoms with Gasteiger partial charge in [-0.25, -0.2) is 9.18 Å². The Morgan fingerprint density at radius 1 is 1.56 bits per heavy atom. The minimum atomic E-state index is -1.87. The molecule has 0 radical (unpaired) electrons. The van der Waals surface area contributed by atoms with E-state index in [0.29, 0.717) is 0 Å². The summed E-state index contributed by atoms with van der Waals surface area (Å²) < 4.78 is 17.9. The minimum absolute atomic E-state index is 0.117. The molecule has 0 atom stereocenters. The molecule has 0 fully saturated rings. The van der Waals surface area contributed by atoms with Crippen LogP contribution in [-0.4, -0.2) is 29.7 Å². The molecule has 4 N–H and O–H groups in total. The van der Waals surface area contributed by atoms with Crippen LogP contribution in [0.5, 0.6) is 0 Å². The average molecular weight is 227 g/mol. The predicted octanol–water partition coefficient (Wildman–Crippen LogP) is -0.736. The van der Waals surface area contributed by atoms with Gasteiger partial charge in [-0.05, 0) is 24.5 Å². The summed E-state index contributed by atoms with van der Waals surface area (Å²) in [6.45, 7) is 1.71. The van der Waals surface area contributed by atoms with Crippen molar-refractivity contribution < 1.29 is 24.0 Å². The number of nitrogen functional groups attached to an aromatic ring is 1. The lowest BCUT2D eigenvalue weighted by Gasteiger charge is -2.08. The molecule has 0 saturated carbocycles. The normalized spacial score (nSPS) is 10.0. The van der Waals surface area contributed by atoms with Crippen molar-refractivity contribution in [3.63, 3.8) is 0 Å². The Balaban J connectivity index is 3.21. The lowest BCUT2D eigenvalue weighted by atomic mass is 9.79. The van der Waals surface area contributed by atoms with E-state index in [2.05, 4.69) is 4.74 Å². The number of halogens is 1. The van der Waals surface area contributed by atoms with Crippen molar-refractivity contribution in [3.8, 4) is 0 Å². The summed E-state index contributed by atoms with van der Waals surface area (Å²) in [6, 6.07) is 1.93. The molecule has 0 aromatic heterocycles. The van der Waals surface area contributed by atoms with Gasteiger partial charge in [0.05, 0.1) is 17.9 Å². The number of anilines is 1. The maximum atomic E-state index is 13.2. The van der Waals surface area contributed by atoms with Gasteiger partial charge < -0.3 is 20.5 Å². The number of carbonyl (C=O) groups excluding carboxylic acids is 1. The Morgan fingerprint density at radius 2 is 2.19 bits per heavy atom. The lowest BCUT2D eigenvalue weighted by molar-refractivity contribution is 0.0527. The van der Waals surface area contributed by atoms with Crippen molar-refractivity contribution in [1.82, 2.24) is 0 Å². The number of esters is 1. The van der Waals surface area contributed by atoms with Crippen molar-refractivity contribution in [1.29, 1.82) is 0 Å². The Kier molecular flexibility index (Phi) is 3.86. The van der Waals surface area contributed by atoms with Crippen molar-refractivity contribution in [2.24, 2.45) is 0 Å². The fraction of sp³-hybridized carbons (Fsp3) is 0.222. The van der Waals surface area contributed by atoms with E-state index in [9.17, 15) is 9.18 Å². The first-order valence-electron chi connectivity index (χ1n) is 4.59. The van der Waals surface area contributed by atoms with E-state index in [1.165, 1.54) is 0 Å². The Hall–Kier alpha value is -1.60. The SMILES string of the molecule is CCOC(=O)c1cc(B(O)O)cc(F)c1N. The van der Waals surface area contributed by atoms with Crippen molar-refractivity contribution in [2.75, 3.05) is 12.3 Å². The van der Waals surface area contributed by atoms with Crippen LogP contribution < -0.4 is 11.2 Å². The summed E-state index contributed by atoms with van der Waals surface area (Å²) in [4.78, 5) is 11.4. The Morgan fingerprint density at radius 3 is 2.69 bits per heavy atom. The van der Waals surface area contributed by atoms with Gasteiger partial charge in [-0.3, -0.25) is 0 Å². The van der Waals surface area contributed by atoms with Crippen LogP contribution in [-0.2, 0) is 4.74 Å². The molecule has 0 amide bonds. The number of rotatable bonds is 3. The molecule has 7 heteroatoms. The molecule has 0 aliphatic rings. The zero-order chi connectivity index (χ0) is 12.3. The van der Waals surface area contributed by atoms with Crippen LogP contribution in [0.15, 0.2) is 12.1 Å². The number of hydrogen-bond donors (Lipinski definition) is 3. The first-order chi connectivity index (χ1) is 7.47. The number of carbonyl (C=O) groups is 1. The van der Waals surface area contributed by atoms with E-state index >= 15 is 0 Å². The molecular weight excluding hydrogens is 216 g/mol. The zero-order valence-corrected chi connectivity index (χ0v) is 8.61. The van der Waals surface area contributed by atoms with Gasteiger partial charge >= 0.3 is 13.1 Å². The van der Waals surface area contributed by atoms with E-state index in [1.54, 1.807) is 6.92 Å². The predicted molar refractivity (Wildman–Crippen MR) is 56.6 cm³/mol. The third kappa shape index (κ3) is 2.50. The van der Waals surface area contributed by atoms with Gasteiger partial charge in [0.25, 0.3) is 0 Å². The summed E-state index contributed by atoms with van der Waals surface area (Å²) in [5.74, 6) is -1.70. The molecule has 1 rings (SSSR count). The quantitative estimate of drug-likeness (QED) is 0.359. The Bertz CT molecular complexity index is 411. The lowest BCUT2D eigenvalue weighted by Crippen LogP contribution is -2.31. The van der Waals surface area contributed by atoms with Crippen LogP contribution >= 0.6 is 0 Å². The number of nitrogens with two attached hydrogens (primary N) is 1. The largest absolute Gasteiger partial charge is 0.488 e. The highest BCUT2D eigenvalue weighted by molar-refractivity contribution is 6.58. The third-order valence-electron chi connectivity index (χ3n) is 1.95. The smallest absolute Gasteiger partial charge is 0.462 e. The second-order valence-electron chi connectivity index (χ2n) is 3.06. The molecule has 0 bridgehead atoms. The minimum Gasteiger partial charge on any atom is -0.462 e. The van der Waals surface area contributed by atoms with Crippen LogP contribution in [0.3, 0.4) is 0 Å². The van der Waals surface area contributed by atoms with E-state index in [0.717, 1.165) is 12.1 Å². The van der Waals surface area contributed by atoms with Gasteiger partial charge in [0.2, 0.25) is 0 Å². The molecule has 1 aromatic carbocycles. The van der Waals surface area contributed by atoms with Gasteiger partial charge in [-0.1, -0.05) is 0 Å². The number of ether oxygens (including phenoxy) is 1. The van der Waals surface area contributed by atoms with Crippen LogP contribution in [0.4, 0.5) is 10.1 Å². The highest BCUT2D eigenvalue weighted by Gasteiger charge is 2.20. The van der Waals surface area contributed by atoms with Gasteiger partial charge in [0.15, 0.2) is 0 Å². The summed E-state index contributed by atoms with van der Waals surface area (Å²) in [7, 11) is -1.87. The van der Waals surface area contributed by atoms with Crippen LogP contribution in [0.1, 0.15) is 17.3 Å². The molecule has 0 unspecified atom stereocenters. The molecule has 1 aromatic rings. The zero-order valence-electron chi connectivity index (χ0n) is 8.61. The third-order valence-corrected chi connectivity index (χ3v) is 1.95. The molecule has 0 heterocycles. The van der Waals surface area contributed by atoms with E-state index < -0.39 is 18.9 Å². The second-order valence-corrected chi connectivity index (χ2v) is 3.06. The standard InChI is InChI=1S/C9H11BFNO4/c1-2-16-9(13)6-3-5(10(14)15)4-7(11)8(6)12/h3-4,14-15H,2,12H2,1H3. The fourth-order valence-electron chi connectivity index (χ4n) is 1.17. The molecule has 0 aliphatic carbocycles. The van der Waals surface area contributed by atoms with Gasteiger partial charge in [0, 0.05) is 0 Å². The molecule has 5 nitrogen and oxygen atoms in total. The van der Waals surface area contributed by atoms with Crippen LogP contribution in [0, 0.1) is 5.82 Å². The van der Waals surface area contributed by atoms with Crippen LogP contribution in [0.2, 0.25) is 0 Å². The molecule has 0 aliphatic heterocycles. The number of hydrogen-bond acceptors (Lipinski definition) is 5. The maximum Gasteiger partial charge on any atom is 0.488 e. The summed E-state index contributed by atoms with van der Waals surface area (Å²) in [5, 5.41) is 17.7. The molecular formula is C9H11BFNO4. The molecule has 0 spiro atoms. The van der Waals surface area contributed by atoms with Gasteiger partial charge in [-0.15, -0.1) is 0 Å². The van der Waals surface area contributed by atoms with Gasteiger partial charge in [-0.2, -0.15) is 0 Å². The highest BCUT2D eigenvalue weighted by Crippen LogP contribution is 2.15. The maximum absolute atomic E-state index is 13.2. The van der Waals surface area contributed by atoms with Crippen LogP contribution in [0.25, 0.3) is 0 Å². The monoisotopic (exact) mass is 227 g/mol. The van der Waals surface area contributed by atoms with Crippen molar-refractivity contribution >= 4 is 24.2 Å². The first-order valence-corrected chi connectivity index (χ1v) is 4.59. The average Bonchev–Trinajstić information content (AvgIpc) is 2.21. The topological polar surface area (TPSA) is 92.8 Å². The number of benzene rings is 1. The second kappa shape index (κ2) is 4.95. The van der Waals surface area contributed by atoms with E-state index in [4.69, 9.17) is 15.8 Å². The van der Waals surface area contributed by atoms with E-state index in [1.807, 2.05) is 0 Å².